The lowest BCUT2D eigenvalue weighted by atomic mass is 10.1. The molecule has 20 heavy (non-hydrogen) atoms. The van der Waals surface area contributed by atoms with Gasteiger partial charge in [-0.3, -0.25) is 9.59 Å². The standard InChI is InChI=1S/C8H14N2O5S.C2H7NS/c9-4(7(12)13)1-2-6(11)10-5(3-16)8(14)15;3-1-2-4/h4-5,16H,1-3,9H2,(H,10,11)(H,12,13)(H,14,15);4H,1-3H2. The molecule has 2 atom stereocenters. The summed E-state index contributed by atoms with van der Waals surface area (Å²) in [5.74, 6) is -2.19. The molecular weight excluding hydrogens is 306 g/mol. The molecule has 0 fully saturated rings. The van der Waals surface area contributed by atoms with Crippen molar-refractivity contribution in [2.45, 2.75) is 24.9 Å². The van der Waals surface area contributed by atoms with Crippen molar-refractivity contribution in [2.75, 3.05) is 18.1 Å². The van der Waals surface area contributed by atoms with E-state index in [1.54, 1.807) is 0 Å². The number of hydrogen-bond acceptors (Lipinski definition) is 7. The Balaban J connectivity index is 0. The summed E-state index contributed by atoms with van der Waals surface area (Å²) in [6, 6.07) is -2.19. The summed E-state index contributed by atoms with van der Waals surface area (Å²) < 4.78 is 0. The maximum atomic E-state index is 11.2. The molecule has 0 saturated carbocycles. The summed E-state index contributed by atoms with van der Waals surface area (Å²) in [7, 11) is 0. The maximum Gasteiger partial charge on any atom is 0.327 e. The third-order valence-electron chi connectivity index (χ3n) is 1.94. The number of carbonyl (C=O) groups is 3. The zero-order valence-electron chi connectivity index (χ0n) is 10.9. The summed E-state index contributed by atoms with van der Waals surface area (Å²) >= 11 is 7.55. The van der Waals surface area contributed by atoms with E-state index in [1.165, 1.54) is 0 Å². The van der Waals surface area contributed by atoms with Crippen LogP contribution < -0.4 is 16.8 Å². The van der Waals surface area contributed by atoms with Gasteiger partial charge in [0.1, 0.15) is 12.1 Å². The lowest BCUT2D eigenvalue weighted by Crippen LogP contribution is -2.42. The molecule has 0 bridgehead atoms. The fourth-order valence-electron chi connectivity index (χ4n) is 0.862. The minimum Gasteiger partial charge on any atom is -0.480 e. The smallest absolute Gasteiger partial charge is 0.327 e. The number of hydrogen-bond donors (Lipinski definition) is 7. The van der Waals surface area contributed by atoms with Gasteiger partial charge in [0.15, 0.2) is 0 Å². The van der Waals surface area contributed by atoms with Gasteiger partial charge in [0.25, 0.3) is 0 Å². The molecule has 0 spiro atoms. The minimum absolute atomic E-state index is 0.0357. The number of amides is 1. The number of aliphatic carboxylic acids is 2. The van der Waals surface area contributed by atoms with Gasteiger partial charge in [-0.2, -0.15) is 25.3 Å². The lowest BCUT2D eigenvalue weighted by molar-refractivity contribution is -0.141. The number of carboxylic acids is 2. The minimum atomic E-state index is -1.20. The Morgan fingerprint density at radius 3 is 1.95 bits per heavy atom. The molecule has 0 aromatic carbocycles. The molecule has 7 N–H and O–H groups in total. The van der Waals surface area contributed by atoms with Crippen LogP contribution in [0.4, 0.5) is 0 Å². The van der Waals surface area contributed by atoms with Crippen LogP contribution in [0.15, 0.2) is 0 Å². The molecule has 10 heteroatoms. The number of nitrogens with one attached hydrogen (secondary N) is 1. The first-order valence-electron chi connectivity index (χ1n) is 5.72. The number of carbonyl (C=O) groups excluding carboxylic acids is 1. The van der Waals surface area contributed by atoms with Crippen molar-refractivity contribution in [1.82, 2.24) is 5.32 Å². The van der Waals surface area contributed by atoms with Crippen molar-refractivity contribution >= 4 is 43.1 Å². The van der Waals surface area contributed by atoms with E-state index in [-0.39, 0.29) is 18.6 Å². The lowest BCUT2D eigenvalue weighted by Gasteiger charge is -2.12. The molecule has 0 rings (SSSR count). The summed E-state index contributed by atoms with van der Waals surface area (Å²) in [6.45, 7) is 0.684. The van der Waals surface area contributed by atoms with Gasteiger partial charge in [-0.15, -0.1) is 0 Å². The van der Waals surface area contributed by atoms with Gasteiger partial charge in [-0.05, 0) is 6.42 Å². The van der Waals surface area contributed by atoms with Crippen molar-refractivity contribution in [3.63, 3.8) is 0 Å². The van der Waals surface area contributed by atoms with Crippen LogP contribution in [0.1, 0.15) is 12.8 Å². The third kappa shape index (κ3) is 12.1. The predicted molar refractivity (Wildman–Crippen MR) is 81.2 cm³/mol. The van der Waals surface area contributed by atoms with Gasteiger partial charge in [0.05, 0.1) is 0 Å². The molecule has 0 aromatic heterocycles. The number of thiol groups is 2. The van der Waals surface area contributed by atoms with Crippen molar-refractivity contribution in [1.29, 1.82) is 0 Å². The Labute approximate surface area is 128 Å². The third-order valence-corrected chi connectivity index (χ3v) is 2.57. The predicted octanol–water partition coefficient (Wildman–Crippen LogP) is -1.45. The summed E-state index contributed by atoms with van der Waals surface area (Å²) in [4.78, 5) is 32.1. The van der Waals surface area contributed by atoms with E-state index in [0.29, 0.717) is 6.54 Å². The Kier molecular flexibility index (Phi) is 13.9. The number of rotatable bonds is 8. The quantitative estimate of drug-likeness (QED) is 0.269. The highest BCUT2D eigenvalue weighted by Crippen LogP contribution is 1.97. The Morgan fingerprint density at radius 2 is 1.65 bits per heavy atom. The Hall–Kier alpha value is -0.970. The zero-order valence-corrected chi connectivity index (χ0v) is 12.6. The molecule has 0 aliphatic carbocycles. The van der Waals surface area contributed by atoms with E-state index in [1.807, 2.05) is 0 Å². The van der Waals surface area contributed by atoms with Crippen LogP contribution >= 0.6 is 25.3 Å². The molecule has 1 amide bonds. The molecule has 0 radical (unpaired) electrons. The van der Waals surface area contributed by atoms with E-state index in [2.05, 4.69) is 30.6 Å². The summed E-state index contributed by atoms with van der Waals surface area (Å²) in [6.07, 6.45) is -0.175. The zero-order chi connectivity index (χ0) is 16.1. The van der Waals surface area contributed by atoms with Gasteiger partial charge >= 0.3 is 11.9 Å². The van der Waals surface area contributed by atoms with Gasteiger partial charge < -0.3 is 27.0 Å². The second-order valence-corrected chi connectivity index (χ2v) is 4.45. The molecule has 0 aromatic rings. The van der Waals surface area contributed by atoms with Crippen LogP contribution in [0, 0.1) is 0 Å². The van der Waals surface area contributed by atoms with Gasteiger partial charge in [-0.1, -0.05) is 0 Å². The van der Waals surface area contributed by atoms with Crippen LogP contribution in [0.2, 0.25) is 0 Å². The molecule has 0 heterocycles. The van der Waals surface area contributed by atoms with Crippen molar-refractivity contribution in [3.8, 4) is 0 Å². The van der Waals surface area contributed by atoms with Crippen LogP contribution in [-0.4, -0.2) is 58.2 Å². The van der Waals surface area contributed by atoms with Gasteiger partial charge in [0, 0.05) is 24.5 Å². The van der Waals surface area contributed by atoms with E-state index in [9.17, 15) is 14.4 Å². The van der Waals surface area contributed by atoms with Crippen LogP contribution in [0.3, 0.4) is 0 Å². The fourth-order valence-corrected chi connectivity index (χ4v) is 1.11. The Bertz CT molecular complexity index is 315. The second kappa shape index (κ2) is 13.0. The molecular formula is C10H21N3O5S2. The van der Waals surface area contributed by atoms with E-state index >= 15 is 0 Å². The first-order valence-corrected chi connectivity index (χ1v) is 6.98. The van der Waals surface area contributed by atoms with Crippen molar-refractivity contribution in [2.24, 2.45) is 11.5 Å². The Morgan fingerprint density at radius 1 is 1.15 bits per heavy atom. The summed E-state index contributed by atoms with van der Waals surface area (Å²) in [5.41, 5.74) is 10.1. The maximum absolute atomic E-state index is 11.2. The first kappa shape index (κ1) is 21.3. The van der Waals surface area contributed by atoms with Crippen LogP contribution in [0.25, 0.3) is 0 Å². The number of nitrogens with two attached hydrogens (primary N) is 2. The molecule has 2 unspecified atom stereocenters. The largest absolute Gasteiger partial charge is 0.480 e. The molecule has 118 valence electrons. The fraction of sp³-hybridized carbons (Fsp3) is 0.700. The van der Waals surface area contributed by atoms with Crippen LogP contribution in [0.5, 0.6) is 0 Å². The van der Waals surface area contributed by atoms with E-state index in [4.69, 9.17) is 21.7 Å². The molecule has 0 aliphatic rings. The van der Waals surface area contributed by atoms with Crippen LogP contribution in [-0.2, 0) is 14.4 Å². The molecule has 8 nitrogen and oxygen atoms in total. The van der Waals surface area contributed by atoms with Crippen molar-refractivity contribution < 1.29 is 24.6 Å². The molecule has 0 saturated heterocycles. The van der Waals surface area contributed by atoms with E-state index in [0.717, 1.165) is 5.75 Å². The SMILES string of the molecule is NC(CCC(=O)NC(CS)C(=O)O)C(=O)O.NCCS. The topological polar surface area (TPSA) is 156 Å². The van der Waals surface area contributed by atoms with Gasteiger partial charge in [0.2, 0.25) is 5.91 Å². The average Bonchev–Trinajstić information content (AvgIpc) is 2.41. The van der Waals surface area contributed by atoms with E-state index < -0.39 is 29.9 Å². The second-order valence-electron chi connectivity index (χ2n) is 3.64. The normalized spacial score (nSPS) is 12.6. The first-order chi connectivity index (χ1) is 9.29. The highest BCUT2D eigenvalue weighted by Gasteiger charge is 2.19. The number of carboxylic acid groups (broad SMARTS) is 2. The monoisotopic (exact) mass is 327 g/mol. The highest BCUT2D eigenvalue weighted by atomic mass is 32.1. The average molecular weight is 327 g/mol. The molecule has 0 aliphatic heterocycles. The summed E-state index contributed by atoms with van der Waals surface area (Å²) in [5, 5.41) is 19.3. The van der Waals surface area contributed by atoms with Crippen molar-refractivity contribution in [3.05, 3.63) is 0 Å². The highest BCUT2D eigenvalue weighted by molar-refractivity contribution is 7.80. The van der Waals surface area contributed by atoms with Gasteiger partial charge in [-0.25, -0.2) is 4.79 Å².